The van der Waals surface area contributed by atoms with Crippen LogP contribution in [-0.2, 0) is 16.1 Å². The lowest BCUT2D eigenvalue weighted by Crippen LogP contribution is -2.23. The van der Waals surface area contributed by atoms with E-state index in [4.69, 9.17) is 37.4 Å². The molecule has 0 spiro atoms. The number of nitrogens with zero attached hydrogens (tertiary/aromatic N) is 2. The number of ether oxygens (including phenoxy) is 3. The van der Waals surface area contributed by atoms with Gasteiger partial charge in [-0.25, -0.2) is 9.79 Å². The average Bonchev–Trinajstić information content (AvgIpc) is 3.16. The van der Waals surface area contributed by atoms with Crippen LogP contribution < -0.4 is 9.47 Å². The molecule has 0 radical (unpaired) electrons. The third-order valence-electron chi connectivity index (χ3n) is 5.48. The monoisotopic (exact) mass is 570 g/mol. The van der Waals surface area contributed by atoms with Gasteiger partial charge in [-0.3, -0.25) is 9.69 Å². The highest BCUT2D eigenvalue weighted by atomic mass is 35.5. The largest absolute Gasteiger partial charge is 0.490 e. The van der Waals surface area contributed by atoms with Crippen molar-refractivity contribution >= 4 is 63.8 Å². The Morgan fingerprint density at radius 2 is 1.79 bits per heavy atom. The van der Waals surface area contributed by atoms with Crippen molar-refractivity contribution in [1.82, 2.24) is 4.90 Å². The number of likely N-dealkylation sites (N-methyl/N-ethyl adjacent to an activating group) is 1. The van der Waals surface area contributed by atoms with Crippen LogP contribution in [0.2, 0.25) is 10.0 Å². The highest BCUT2D eigenvalue weighted by molar-refractivity contribution is 8.18. The van der Waals surface area contributed by atoms with E-state index >= 15 is 0 Å². The predicted octanol–water partition coefficient (Wildman–Crippen LogP) is 6.99. The summed E-state index contributed by atoms with van der Waals surface area (Å²) >= 11 is 13.5. The van der Waals surface area contributed by atoms with E-state index in [0.29, 0.717) is 49.5 Å². The molecule has 0 aromatic heterocycles. The van der Waals surface area contributed by atoms with E-state index in [0.717, 1.165) is 11.1 Å². The molecule has 1 fully saturated rings. The van der Waals surface area contributed by atoms with E-state index < -0.39 is 5.97 Å². The molecule has 7 nitrogen and oxygen atoms in total. The fourth-order valence-corrected chi connectivity index (χ4v) is 4.95. The zero-order chi connectivity index (χ0) is 27.2. The Labute approximate surface area is 235 Å². The van der Waals surface area contributed by atoms with Gasteiger partial charge in [-0.05, 0) is 78.9 Å². The van der Waals surface area contributed by atoms with Crippen molar-refractivity contribution in [2.75, 3.05) is 20.8 Å². The first-order valence-corrected chi connectivity index (χ1v) is 13.1. The molecular weight excluding hydrogens is 547 g/mol. The molecule has 1 heterocycles. The minimum absolute atomic E-state index is 0.171. The number of hydrogen-bond acceptors (Lipinski definition) is 7. The zero-order valence-corrected chi connectivity index (χ0v) is 23.2. The number of methoxy groups -OCH3 is 1. The summed E-state index contributed by atoms with van der Waals surface area (Å²) in [4.78, 5) is 31.1. The van der Waals surface area contributed by atoms with Crippen LogP contribution in [0.15, 0.2) is 70.6 Å². The smallest absolute Gasteiger partial charge is 0.337 e. The lowest BCUT2D eigenvalue weighted by Gasteiger charge is -2.13. The molecule has 1 saturated heterocycles. The number of benzene rings is 3. The van der Waals surface area contributed by atoms with Gasteiger partial charge in [-0.15, -0.1) is 0 Å². The Bertz CT molecular complexity index is 1420. The minimum Gasteiger partial charge on any atom is -0.490 e. The normalized spacial score (nSPS) is 15.3. The first-order valence-electron chi connectivity index (χ1n) is 11.6. The number of hydrogen-bond donors (Lipinski definition) is 0. The van der Waals surface area contributed by atoms with Crippen LogP contribution in [0, 0.1) is 0 Å². The molecule has 196 valence electrons. The third kappa shape index (κ3) is 6.51. The molecule has 1 aliphatic heterocycles. The maximum Gasteiger partial charge on any atom is 0.337 e. The fourth-order valence-electron chi connectivity index (χ4n) is 3.50. The van der Waals surface area contributed by atoms with Crippen LogP contribution in [-0.4, -0.2) is 42.7 Å². The predicted molar refractivity (Wildman–Crippen MR) is 152 cm³/mol. The van der Waals surface area contributed by atoms with Gasteiger partial charge in [-0.2, -0.15) is 0 Å². The molecule has 1 aliphatic rings. The molecule has 3 aromatic rings. The second-order valence-corrected chi connectivity index (χ2v) is 9.92. The number of carbonyl (C=O) groups excluding carboxylic acids is 2. The van der Waals surface area contributed by atoms with Gasteiger partial charge in [0.15, 0.2) is 16.7 Å². The molecule has 1 amide bonds. The number of halogens is 2. The van der Waals surface area contributed by atoms with Crippen LogP contribution in [0.4, 0.5) is 5.69 Å². The Balaban J connectivity index is 1.52. The summed E-state index contributed by atoms with van der Waals surface area (Å²) in [5, 5.41) is 1.60. The first-order chi connectivity index (χ1) is 18.3. The summed E-state index contributed by atoms with van der Waals surface area (Å²) in [6, 6.07) is 17.4. The number of esters is 1. The summed E-state index contributed by atoms with van der Waals surface area (Å²) in [6.07, 6.45) is 1.79. The van der Waals surface area contributed by atoms with Crippen molar-refractivity contribution in [3.8, 4) is 11.5 Å². The highest BCUT2D eigenvalue weighted by Crippen LogP contribution is 2.36. The summed E-state index contributed by atoms with van der Waals surface area (Å²) in [6.45, 7) is 2.58. The summed E-state index contributed by atoms with van der Waals surface area (Å²) in [5.41, 5.74) is 2.61. The zero-order valence-electron chi connectivity index (χ0n) is 20.9. The van der Waals surface area contributed by atoms with E-state index in [2.05, 4.69) is 4.99 Å². The molecule has 0 bridgehead atoms. The molecular formula is C28H24Cl2N2O5S. The second kappa shape index (κ2) is 12.4. The number of amides is 1. The van der Waals surface area contributed by atoms with Gasteiger partial charge >= 0.3 is 5.97 Å². The summed E-state index contributed by atoms with van der Waals surface area (Å²) in [5.74, 6) is 0.514. The Morgan fingerprint density at radius 1 is 1.03 bits per heavy atom. The standard InChI is InChI=1S/C28H24Cl2N2O5S/c1-4-36-24-13-17(5-12-23(24)37-16-19-6-9-20(29)15-22(19)30)14-25-26(33)32(2)28(38-25)31-21-10-7-18(8-11-21)27(34)35-3/h5-15H,4,16H2,1-3H3/b25-14+,31-28?. The summed E-state index contributed by atoms with van der Waals surface area (Å²) in [7, 11) is 3.00. The molecule has 38 heavy (non-hydrogen) atoms. The molecule has 0 unspecified atom stereocenters. The Morgan fingerprint density at radius 3 is 2.47 bits per heavy atom. The van der Waals surface area contributed by atoms with E-state index in [1.807, 2.05) is 25.1 Å². The number of thioether (sulfide) groups is 1. The van der Waals surface area contributed by atoms with Crippen LogP contribution in [0.5, 0.6) is 11.5 Å². The van der Waals surface area contributed by atoms with E-state index in [1.165, 1.54) is 23.8 Å². The molecule has 0 atom stereocenters. The maximum absolute atomic E-state index is 12.9. The quantitative estimate of drug-likeness (QED) is 0.214. The van der Waals surface area contributed by atoms with Gasteiger partial charge < -0.3 is 14.2 Å². The Kier molecular flexibility index (Phi) is 8.99. The van der Waals surface area contributed by atoms with Gasteiger partial charge in [0.25, 0.3) is 5.91 Å². The molecule has 3 aromatic carbocycles. The van der Waals surface area contributed by atoms with Crippen LogP contribution in [0.1, 0.15) is 28.4 Å². The number of amidine groups is 1. The SMILES string of the molecule is CCOc1cc(/C=C2/SC(=Nc3ccc(C(=O)OC)cc3)N(C)C2=O)ccc1OCc1ccc(Cl)cc1Cl. The van der Waals surface area contributed by atoms with Gasteiger partial charge in [0.1, 0.15) is 6.61 Å². The number of carbonyl (C=O) groups is 2. The summed E-state index contributed by atoms with van der Waals surface area (Å²) < 4.78 is 16.5. The first kappa shape index (κ1) is 27.6. The molecule has 0 saturated carbocycles. The van der Waals surface area contributed by atoms with Crippen molar-refractivity contribution in [2.45, 2.75) is 13.5 Å². The molecule has 0 N–H and O–H groups in total. The van der Waals surface area contributed by atoms with E-state index in [9.17, 15) is 9.59 Å². The van der Waals surface area contributed by atoms with E-state index in [-0.39, 0.29) is 12.5 Å². The van der Waals surface area contributed by atoms with Crippen molar-refractivity contribution in [1.29, 1.82) is 0 Å². The van der Waals surface area contributed by atoms with Crippen molar-refractivity contribution in [3.63, 3.8) is 0 Å². The molecule has 4 rings (SSSR count). The maximum atomic E-state index is 12.9. The Hall–Kier alpha value is -3.46. The van der Waals surface area contributed by atoms with Crippen LogP contribution >= 0.6 is 35.0 Å². The third-order valence-corrected chi connectivity index (χ3v) is 7.13. The fraction of sp³-hybridized carbons (Fsp3) is 0.179. The van der Waals surface area contributed by atoms with Crippen molar-refractivity contribution in [2.24, 2.45) is 4.99 Å². The van der Waals surface area contributed by atoms with Crippen molar-refractivity contribution < 1.29 is 23.8 Å². The molecule has 0 aliphatic carbocycles. The van der Waals surface area contributed by atoms with E-state index in [1.54, 1.807) is 55.6 Å². The van der Waals surface area contributed by atoms with Gasteiger partial charge in [0.05, 0.1) is 29.9 Å². The lowest BCUT2D eigenvalue weighted by molar-refractivity contribution is -0.121. The minimum atomic E-state index is -0.423. The van der Waals surface area contributed by atoms with Crippen molar-refractivity contribution in [3.05, 3.63) is 92.3 Å². The highest BCUT2D eigenvalue weighted by Gasteiger charge is 2.30. The van der Waals surface area contributed by atoms with Crippen LogP contribution in [0.3, 0.4) is 0 Å². The van der Waals surface area contributed by atoms with Gasteiger partial charge in [0.2, 0.25) is 0 Å². The topological polar surface area (TPSA) is 77.4 Å². The second-order valence-electron chi connectivity index (χ2n) is 8.07. The van der Waals surface area contributed by atoms with Crippen LogP contribution in [0.25, 0.3) is 6.08 Å². The number of rotatable bonds is 8. The average molecular weight is 571 g/mol. The molecule has 10 heteroatoms. The lowest BCUT2D eigenvalue weighted by atomic mass is 10.1. The number of aliphatic imine (C=N–C) groups is 1. The van der Waals surface area contributed by atoms with Gasteiger partial charge in [0, 0.05) is 22.7 Å². The van der Waals surface area contributed by atoms with Gasteiger partial charge in [-0.1, -0.05) is 35.3 Å².